The minimum Gasteiger partial charge on any atom is -0.359 e. The average Bonchev–Trinajstić information content (AvgIpc) is 3.41. The Bertz CT molecular complexity index is 1250. The predicted octanol–water partition coefficient (Wildman–Crippen LogP) is 4.76. The van der Waals surface area contributed by atoms with E-state index in [2.05, 4.69) is 44.4 Å². The van der Waals surface area contributed by atoms with Gasteiger partial charge in [-0.3, -0.25) is 4.98 Å². The van der Waals surface area contributed by atoms with Crippen molar-refractivity contribution < 1.29 is 17.7 Å². The van der Waals surface area contributed by atoms with Crippen LogP contribution in [0.15, 0.2) is 24.7 Å². The lowest BCUT2D eigenvalue weighted by molar-refractivity contribution is -0.137. The first-order chi connectivity index (χ1) is 16.1. The van der Waals surface area contributed by atoms with Crippen molar-refractivity contribution in [2.75, 3.05) is 24.2 Å². The molecule has 0 aromatic carbocycles. The average molecular weight is 492 g/mol. The van der Waals surface area contributed by atoms with Crippen molar-refractivity contribution in [3.05, 3.63) is 30.2 Å². The van der Waals surface area contributed by atoms with Gasteiger partial charge < -0.3 is 20.2 Å². The molecule has 5 rings (SSSR count). The third kappa shape index (κ3) is 4.33. The van der Waals surface area contributed by atoms with Crippen LogP contribution in [-0.4, -0.2) is 50.4 Å². The molecule has 1 atom stereocenters. The molecule has 2 aliphatic rings. The van der Waals surface area contributed by atoms with Crippen molar-refractivity contribution in [1.29, 1.82) is 0 Å². The number of aromatic amines is 1. The van der Waals surface area contributed by atoms with Gasteiger partial charge in [-0.2, -0.15) is 13.2 Å². The predicted molar refractivity (Wildman–Crippen MR) is 127 cm³/mol. The number of nitrogens with zero attached hydrogens (tertiary/aromatic N) is 3. The number of aromatic nitrogens is 4. The highest BCUT2D eigenvalue weighted by atomic mass is 31.2. The van der Waals surface area contributed by atoms with Crippen molar-refractivity contribution in [2.45, 2.75) is 57.3 Å². The summed E-state index contributed by atoms with van der Waals surface area (Å²) in [5.74, 6) is 0.154. The van der Waals surface area contributed by atoms with Gasteiger partial charge in [0.1, 0.15) is 18.1 Å². The van der Waals surface area contributed by atoms with Gasteiger partial charge in [-0.25, -0.2) is 9.97 Å². The Morgan fingerprint density at radius 2 is 1.97 bits per heavy atom. The van der Waals surface area contributed by atoms with Gasteiger partial charge in [0.15, 0.2) is 0 Å². The molecule has 0 spiro atoms. The van der Waals surface area contributed by atoms with E-state index in [-0.39, 0.29) is 23.2 Å². The molecule has 0 amide bonds. The van der Waals surface area contributed by atoms with Crippen LogP contribution in [0, 0.1) is 0 Å². The largest absolute Gasteiger partial charge is 0.419 e. The first-order valence-electron chi connectivity index (χ1n) is 11.6. The molecule has 0 radical (unpaired) electrons. The van der Waals surface area contributed by atoms with Gasteiger partial charge in [-0.05, 0) is 45.6 Å². The molecular weight excluding hydrogens is 464 g/mol. The molecule has 7 nitrogen and oxygen atoms in total. The Kier molecular flexibility index (Phi) is 5.72. The molecule has 182 valence electrons. The summed E-state index contributed by atoms with van der Waals surface area (Å²) in [4.78, 5) is 15.7. The van der Waals surface area contributed by atoms with E-state index in [0.717, 1.165) is 31.9 Å². The fourth-order valence-corrected chi connectivity index (χ4v) is 7.88. The first kappa shape index (κ1) is 23.3. The number of anilines is 1. The van der Waals surface area contributed by atoms with Crippen LogP contribution in [0.4, 0.5) is 19.1 Å². The Labute approximate surface area is 195 Å². The zero-order valence-corrected chi connectivity index (χ0v) is 20.1. The number of piperidine rings is 1. The smallest absolute Gasteiger partial charge is 0.359 e. The summed E-state index contributed by atoms with van der Waals surface area (Å²) >= 11 is 0. The highest BCUT2D eigenvalue weighted by Crippen LogP contribution is 2.52. The lowest BCUT2D eigenvalue weighted by Crippen LogP contribution is -2.50. The quantitative estimate of drug-likeness (QED) is 0.455. The molecule has 0 bridgehead atoms. The van der Waals surface area contributed by atoms with Crippen LogP contribution in [0.3, 0.4) is 0 Å². The topological polar surface area (TPSA) is 95.6 Å². The van der Waals surface area contributed by atoms with Gasteiger partial charge in [-0.1, -0.05) is 0 Å². The number of pyridine rings is 1. The Morgan fingerprint density at radius 1 is 1.21 bits per heavy atom. The molecule has 2 saturated heterocycles. The maximum atomic E-state index is 13.9. The third-order valence-electron chi connectivity index (χ3n) is 6.88. The van der Waals surface area contributed by atoms with Gasteiger partial charge in [-0.15, -0.1) is 0 Å². The number of fused-ring (bicyclic) bond motifs is 1. The summed E-state index contributed by atoms with van der Waals surface area (Å²) in [5, 5.41) is 7.15. The second kappa shape index (κ2) is 8.34. The van der Waals surface area contributed by atoms with Crippen molar-refractivity contribution in [1.82, 2.24) is 25.3 Å². The Hall–Kier alpha value is -2.45. The fraction of sp³-hybridized carbons (Fsp3) is 0.522. The molecule has 0 aliphatic carbocycles. The van der Waals surface area contributed by atoms with Crippen molar-refractivity contribution in [3.8, 4) is 11.3 Å². The van der Waals surface area contributed by atoms with Crippen molar-refractivity contribution in [2.24, 2.45) is 0 Å². The van der Waals surface area contributed by atoms with E-state index in [1.165, 1.54) is 12.4 Å². The number of H-pyrrole nitrogens is 1. The molecule has 34 heavy (non-hydrogen) atoms. The summed E-state index contributed by atoms with van der Waals surface area (Å²) in [6, 6.07) is 1.67. The third-order valence-corrected chi connectivity index (χ3v) is 10.1. The van der Waals surface area contributed by atoms with Crippen LogP contribution >= 0.6 is 7.14 Å². The first-order valence-corrected chi connectivity index (χ1v) is 13.6. The number of halogens is 3. The van der Waals surface area contributed by atoms with Gasteiger partial charge in [0.05, 0.1) is 11.2 Å². The highest BCUT2D eigenvalue weighted by Gasteiger charge is 2.37. The number of nitrogens with one attached hydrogen (secondary N) is 3. The lowest BCUT2D eigenvalue weighted by Gasteiger charge is -2.36. The van der Waals surface area contributed by atoms with Crippen LogP contribution in [0.5, 0.6) is 0 Å². The molecule has 0 saturated carbocycles. The van der Waals surface area contributed by atoms with Crippen LogP contribution in [0.25, 0.3) is 22.2 Å². The molecular formula is C23H28F3N6OP. The summed E-state index contributed by atoms with van der Waals surface area (Å²) < 4.78 is 55.2. The maximum absolute atomic E-state index is 13.9. The molecule has 3 aromatic heterocycles. The normalized spacial score (nSPS) is 22.2. The SMILES string of the molecule is CC1(C)CC[C@H](Nc2ncc(C(F)(F)F)c(-c3c[nH]c4c(P5(=O)CCCC5)nccc34)n2)CN1. The van der Waals surface area contributed by atoms with E-state index >= 15 is 0 Å². The second-order valence-electron chi connectivity index (χ2n) is 9.90. The monoisotopic (exact) mass is 492 g/mol. The van der Waals surface area contributed by atoms with Crippen molar-refractivity contribution in [3.63, 3.8) is 0 Å². The number of alkyl halides is 3. The number of hydrogen-bond acceptors (Lipinski definition) is 6. The van der Waals surface area contributed by atoms with Gasteiger partial charge in [0, 0.05) is 60.0 Å². The maximum Gasteiger partial charge on any atom is 0.419 e. The standard InChI is InChI=1S/C23H28F3N6OP/c1-22(2)7-5-14(11-30-22)31-21-29-13-17(23(24,25)26)18(32-21)16-12-28-19-15(16)6-8-27-20(19)34(33)9-3-4-10-34/h6,8,12-14,28,30H,3-5,7,9-11H2,1-2H3,(H,29,31,32)/t14-/m0/s1. The number of rotatable bonds is 4. The number of hydrogen-bond donors (Lipinski definition) is 3. The van der Waals surface area contributed by atoms with E-state index < -0.39 is 18.9 Å². The van der Waals surface area contributed by atoms with Crippen LogP contribution < -0.4 is 16.1 Å². The Balaban J connectivity index is 1.56. The van der Waals surface area contributed by atoms with Crippen LogP contribution in [-0.2, 0) is 10.7 Å². The molecule has 11 heteroatoms. The molecule has 3 N–H and O–H groups in total. The summed E-state index contributed by atoms with van der Waals surface area (Å²) in [5.41, 5.74) is 0.217. The minimum absolute atomic E-state index is 0.0175. The zero-order chi connectivity index (χ0) is 24.1. The zero-order valence-electron chi connectivity index (χ0n) is 19.2. The molecule has 0 unspecified atom stereocenters. The van der Waals surface area contributed by atoms with Crippen LogP contribution in [0.2, 0.25) is 0 Å². The summed E-state index contributed by atoms with van der Waals surface area (Å²) in [6.45, 7) is 4.91. The second-order valence-corrected chi connectivity index (χ2v) is 13.0. The summed E-state index contributed by atoms with van der Waals surface area (Å²) in [6.07, 6.45) is 3.93. The molecule has 3 aromatic rings. The van der Waals surface area contributed by atoms with E-state index in [9.17, 15) is 17.7 Å². The van der Waals surface area contributed by atoms with E-state index in [0.29, 0.717) is 40.8 Å². The van der Waals surface area contributed by atoms with Gasteiger partial charge in [0.2, 0.25) is 5.95 Å². The van der Waals surface area contributed by atoms with Gasteiger partial charge >= 0.3 is 6.18 Å². The van der Waals surface area contributed by atoms with E-state index in [1.54, 1.807) is 6.07 Å². The highest BCUT2D eigenvalue weighted by molar-refractivity contribution is 7.72. The fourth-order valence-electron chi connectivity index (χ4n) is 4.90. The van der Waals surface area contributed by atoms with E-state index in [1.807, 2.05) is 0 Å². The minimum atomic E-state index is -4.62. The summed E-state index contributed by atoms with van der Waals surface area (Å²) in [7, 11) is -2.65. The molecule has 2 aliphatic heterocycles. The Morgan fingerprint density at radius 3 is 2.65 bits per heavy atom. The van der Waals surface area contributed by atoms with E-state index in [4.69, 9.17) is 0 Å². The van der Waals surface area contributed by atoms with Crippen LogP contribution in [0.1, 0.15) is 45.1 Å². The van der Waals surface area contributed by atoms with Crippen molar-refractivity contribution >= 4 is 29.4 Å². The molecule has 5 heterocycles. The molecule has 2 fully saturated rings. The lowest BCUT2D eigenvalue weighted by atomic mass is 9.91. The van der Waals surface area contributed by atoms with Gasteiger partial charge in [0.25, 0.3) is 0 Å².